The van der Waals surface area contributed by atoms with Crippen molar-refractivity contribution in [3.8, 4) is 5.75 Å². The van der Waals surface area contributed by atoms with Crippen LogP contribution in [0.5, 0.6) is 5.75 Å². The molecule has 1 heterocycles. The third-order valence-electron chi connectivity index (χ3n) is 6.20. The molecule has 5 heteroatoms. The Morgan fingerprint density at radius 2 is 1.79 bits per heavy atom. The molecular formula is C24H27NO4. The molecule has 1 N–H and O–H groups in total. The summed E-state index contributed by atoms with van der Waals surface area (Å²) in [5.74, 6) is 0.211. The van der Waals surface area contributed by atoms with Crippen LogP contribution in [0.15, 0.2) is 54.6 Å². The normalized spacial score (nSPS) is 26.0. The van der Waals surface area contributed by atoms with Gasteiger partial charge in [0, 0.05) is 19.0 Å². The number of nitrogens with zero attached hydrogens (tertiary/aromatic N) is 1. The summed E-state index contributed by atoms with van der Waals surface area (Å²) in [4.78, 5) is 26.0. The number of carbonyl (C=O) groups is 2. The lowest BCUT2D eigenvalue weighted by Crippen LogP contribution is -2.45. The monoisotopic (exact) mass is 393 g/mol. The van der Waals surface area contributed by atoms with E-state index in [9.17, 15) is 14.7 Å². The molecule has 1 aliphatic heterocycles. The molecule has 1 aliphatic carbocycles. The van der Waals surface area contributed by atoms with Gasteiger partial charge in [0.25, 0.3) is 0 Å². The lowest BCUT2D eigenvalue weighted by atomic mass is 9.87. The van der Waals surface area contributed by atoms with Crippen LogP contribution in [0.3, 0.4) is 0 Å². The molecular weight excluding hydrogens is 366 g/mol. The predicted molar refractivity (Wildman–Crippen MR) is 110 cm³/mol. The molecule has 4 atom stereocenters. The third-order valence-corrected chi connectivity index (χ3v) is 6.20. The zero-order valence-corrected chi connectivity index (χ0v) is 16.7. The van der Waals surface area contributed by atoms with Crippen LogP contribution in [0.1, 0.15) is 36.8 Å². The van der Waals surface area contributed by atoms with Gasteiger partial charge in [0.15, 0.2) is 0 Å². The van der Waals surface area contributed by atoms with Crippen molar-refractivity contribution in [2.24, 2.45) is 17.8 Å². The molecule has 4 unspecified atom stereocenters. The van der Waals surface area contributed by atoms with Gasteiger partial charge in [-0.05, 0) is 47.9 Å². The van der Waals surface area contributed by atoms with Crippen molar-refractivity contribution in [1.82, 2.24) is 4.90 Å². The van der Waals surface area contributed by atoms with Gasteiger partial charge in [0.2, 0.25) is 5.91 Å². The fraction of sp³-hybridized carbons (Fsp3) is 0.417. The van der Waals surface area contributed by atoms with E-state index in [2.05, 4.69) is 12.1 Å². The van der Waals surface area contributed by atoms with Crippen LogP contribution in [0.4, 0.5) is 0 Å². The summed E-state index contributed by atoms with van der Waals surface area (Å²) < 4.78 is 5.83. The predicted octanol–water partition coefficient (Wildman–Crippen LogP) is 3.94. The molecule has 5 nitrogen and oxygen atoms in total. The van der Waals surface area contributed by atoms with Gasteiger partial charge in [0.05, 0.1) is 5.92 Å². The van der Waals surface area contributed by atoms with E-state index in [-0.39, 0.29) is 29.6 Å². The highest BCUT2D eigenvalue weighted by Crippen LogP contribution is 2.49. The van der Waals surface area contributed by atoms with E-state index < -0.39 is 5.97 Å². The SMILES string of the molecule is CC1CN(C(=O)C2CC2c2ccc(OCc3ccccc3)cc2)CCC1C(=O)O. The first-order valence-electron chi connectivity index (χ1n) is 10.3. The van der Waals surface area contributed by atoms with Crippen molar-refractivity contribution in [1.29, 1.82) is 0 Å². The highest BCUT2D eigenvalue weighted by molar-refractivity contribution is 5.83. The van der Waals surface area contributed by atoms with Crippen molar-refractivity contribution in [2.75, 3.05) is 13.1 Å². The van der Waals surface area contributed by atoms with Gasteiger partial charge in [-0.2, -0.15) is 0 Å². The number of benzene rings is 2. The summed E-state index contributed by atoms with van der Waals surface area (Å²) >= 11 is 0. The Balaban J connectivity index is 1.30. The maximum atomic E-state index is 12.8. The van der Waals surface area contributed by atoms with Crippen LogP contribution < -0.4 is 4.74 Å². The molecule has 152 valence electrons. The zero-order valence-electron chi connectivity index (χ0n) is 16.7. The second-order valence-electron chi connectivity index (χ2n) is 8.29. The van der Waals surface area contributed by atoms with Crippen molar-refractivity contribution in [3.63, 3.8) is 0 Å². The van der Waals surface area contributed by atoms with Gasteiger partial charge in [-0.15, -0.1) is 0 Å². The number of amides is 1. The molecule has 0 spiro atoms. The van der Waals surface area contributed by atoms with Gasteiger partial charge < -0.3 is 14.7 Å². The number of rotatable bonds is 6. The number of piperidine rings is 1. The van der Waals surface area contributed by atoms with Crippen LogP contribution in [0.2, 0.25) is 0 Å². The molecule has 1 saturated heterocycles. The number of carbonyl (C=O) groups excluding carboxylic acids is 1. The maximum absolute atomic E-state index is 12.8. The Morgan fingerprint density at radius 1 is 1.07 bits per heavy atom. The van der Waals surface area contributed by atoms with Crippen molar-refractivity contribution in [3.05, 3.63) is 65.7 Å². The maximum Gasteiger partial charge on any atom is 0.306 e. The Hall–Kier alpha value is -2.82. The van der Waals surface area contributed by atoms with Crippen molar-refractivity contribution in [2.45, 2.75) is 32.3 Å². The smallest absolute Gasteiger partial charge is 0.306 e. The molecule has 1 amide bonds. The number of carboxylic acid groups (broad SMARTS) is 1. The third kappa shape index (κ3) is 4.44. The number of hydrogen-bond donors (Lipinski definition) is 1. The molecule has 2 aromatic rings. The van der Waals surface area contributed by atoms with Gasteiger partial charge in [-0.3, -0.25) is 9.59 Å². The van der Waals surface area contributed by atoms with Crippen LogP contribution in [-0.2, 0) is 16.2 Å². The summed E-state index contributed by atoms with van der Waals surface area (Å²) in [5.41, 5.74) is 2.30. The van der Waals surface area contributed by atoms with E-state index in [0.29, 0.717) is 26.1 Å². The molecule has 2 aliphatic rings. The Kier molecular flexibility index (Phi) is 5.56. The fourth-order valence-corrected chi connectivity index (χ4v) is 4.34. The summed E-state index contributed by atoms with van der Waals surface area (Å²) in [6.45, 7) is 3.56. The van der Waals surface area contributed by atoms with Gasteiger partial charge in [-0.1, -0.05) is 49.4 Å². The second kappa shape index (κ2) is 8.27. The Labute approximate surface area is 171 Å². The average molecular weight is 393 g/mol. The second-order valence-corrected chi connectivity index (χ2v) is 8.29. The number of likely N-dealkylation sites (tertiary alicyclic amines) is 1. The first-order valence-corrected chi connectivity index (χ1v) is 10.3. The average Bonchev–Trinajstić information content (AvgIpc) is 3.53. The van der Waals surface area contributed by atoms with Gasteiger partial charge >= 0.3 is 5.97 Å². The Morgan fingerprint density at radius 3 is 2.45 bits per heavy atom. The minimum atomic E-state index is -0.747. The molecule has 2 aromatic carbocycles. The van der Waals surface area contributed by atoms with Gasteiger partial charge in [-0.25, -0.2) is 0 Å². The largest absolute Gasteiger partial charge is 0.489 e. The summed E-state index contributed by atoms with van der Waals surface area (Å²) in [5, 5.41) is 9.26. The van der Waals surface area contributed by atoms with Crippen LogP contribution in [0, 0.1) is 17.8 Å². The number of aliphatic carboxylic acids is 1. The van der Waals surface area contributed by atoms with E-state index >= 15 is 0 Å². The van der Waals surface area contributed by atoms with E-state index in [1.165, 1.54) is 5.56 Å². The highest BCUT2D eigenvalue weighted by Gasteiger charge is 2.47. The van der Waals surface area contributed by atoms with Crippen LogP contribution >= 0.6 is 0 Å². The number of hydrogen-bond acceptors (Lipinski definition) is 3. The minimum Gasteiger partial charge on any atom is -0.489 e. The number of ether oxygens (including phenoxy) is 1. The first-order chi connectivity index (χ1) is 14.0. The molecule has 4 rings (SSSR count). The lowest BCUT2D eigenvalue weighted by Gasteiger charge is -2.35. The van der Waals surface area contributed by atoms with E-state index in [1.54, 1.807) is 0 Å². The van der Waals surface area contributed by atoms with Crippen molar-refractivity contribution < 1.29 is 19.4 Å². The van der Waals surface area contributed by atoms with Crippen molar-refractivity contribution >= 4 is 11.9 Å². The number of carboxylic acids is 1. The Bertz CT molecular complexity index is 864. The molecule has 29 heavy (non-hydrogen) atoms. The van der Waals surface area contributed by atoms with Gasteiger partial charge in [0.1, 0.15) is 12.4 Å². The standard InChI is InChI=1S/C24H27NO4/c1-16-14-25(12-11-20(16)24(27)28)23(26)22-13-21(22)18-7-9-19(10-8-18)29-15-17-5-3-2-4-6-17/h2-10,16,20-22H,11-15H2,1H3,(H,27,28). The summed E-state index contributed by atoms with van der Waals surface area (Å²) in [6, 6.07) is 18.1. The van der Waals surface area contributed by atoms with E-state index in [4.69, 9.17) is 4.74 Å². The highest BCUT2D eigenvalue weighted by atomic mass is 16.5. The fourth-order valence-electron chi connectivity index (χ4n) is 4.34. The zero-order chi connectivity index (χ0) is 20.4. The topological polar surface area (TPSA) is 66.8 Å². The lowest BCUT2D eigenvalue weighted by molar-refractivity contribution is -0.148. The summed E-state index contributed by atoms with van der Waals surface area (Å²) in [6.07, 6.45) is 1.42. The minimum absolute atomic E-state index is 0.00319. The molecule has 0 radical (unpaired) electrons. The molecule has 1 saturated carbocycles. The van der Waals surface area contributed by atoms with E-state index in [1.807, 2.05) is 54.3 Å². The van der Waals surface area contributed by atoms with Crippen LogP contribution in [-0.4, -0.2) is 35.0 Å². The van der Waals surface area contributed by atoms with E-state index in [0.717, 1.165) is 17.7 Å². The quantitative estimate of drug-likeness (QED) is 0.807. The van der Waals surface area contributed by atoms with Crippen LogP contribution in [0.25, 0.3) is 0 Å². The first kappa shape index (κ1) is 19.5. The molecule has 0 aromatic heterocycles. The molecule has 2 fully saturated rings. The summed E-state index contributed by atoms with van der Waals surface area (Å²) in [7, 11) is 0. The molecule has 0 bridgehead atoms.